The van der Waals surface area contributed by atoms with Gasteiger partial charge in [0.15, 0.2) is 6.10 Å². The molecule has 1 aliphatic rings. The summed E-state index contributed by atoms with van der Waals surface area (Å²) in [7, 11) is 0. The van der Waals surface area contributed by atoms with Gasteiger partial charge in [-0.05, 0) is 31.4 Å². The Morgan fingerprint density at radius 1 is 1.26 bits per heavy atom. The quantitative estimate of drug-likeness (QED) is 0.883. The number of para-hydroxylation sites is 1. The van der Waals surface area contributed by atoms with Gasteiger partial charge in [0.1, 0.15) is 5.75 Å². The van der Waals surface area contributed by atoms with Gasteiger partial charge in [-0.3, -0.25) is 4.79 Å². The molecule has 0 aliphatic heterocycles. The summed E-state index contributed by atoms with van der Waals surface area (Å²) >= 11 is 0. The van der Waals surface area contributed by atoms with Gasteiger partial charge in [0.25, 0.3) is 5.91 Å². The molecule has 0 heterocycles. The van der Waals surface area contributed by atoms with Gasteiger partial charge in [-0.1, -0.05) is 44.4 Å². The molecule has 3 heteroatoms. The van der Waals surface area contributed by atoms with Crippen molar-refractivity contribution < 1.29 is 9.53 Å². The van der Waals surface area contributed by atoms with Crippen LogP contribution in [0.5, 0.6) is 5.75 Å². The van der Waals surface area contributed by atoms with E-state index in [9.17, 15) is 4.79 Å². The zero-order valence-corrected chi connectivity index (χ0v) is 11.6. The molecule has 1 aromatic rings. The first-order valence-corrected chi connectivity index (χ1v) is 7.31. The molecule has 2 rings (SSSR count). The van der Waals surface area contributed by atoms with Crippen molar-refractivity contribution in [1.29, 1.82) is 0 Å². The van der Waals surface area contributed by atoms with Gasteiger partial charge >= 0.3 is 0 Å². The van der Waals surface area contributed by atoms with Crippen LogP contribution in [-0.4, -0.2) is 18.1 Å². The molecule has 1 fully saturated rings. The summed E-state index contributed by atoms with van der Waals surface area (Å²) in [5.74, 6) is 0.784. The minimum atomic E-state index is -0.385. The topological polar surface area (TPSA) is 38.3 Å². The van der Waals surface area contributed by atoms with E-state index in [4.69, 9.17) is 4.74 Å². The summed E-state index contributed by atoms with van der Waals surface area (Å²) in [5.41, 5.74) is 0. The van der Waals surface area contributed by atoms with E-state index < -0.39 is 0 Å². The number of amides is 1. The average Bonchev–Trinajstić information content (AvgIpc) is 2.47. The van der Waals surface area contributed by atoms with Crippen LogP contribution in [0.4, 0.5) is 0 Å². The smallest absolute Gasteiger partial charge is 0.261 e. The number of benzene rings is 1. The zero-order chi connectivity index (χ0) is 13.5. The second-order valence-corrected chi connectivity index (χ2v) is 5.17. The number of nitrogens with one attached hydrogen (secondary N) is 1. The normalized spacial score (nSPS) is 17.7. The van der Waals surface area contributed by atoms with E-state index in [2.05, 4.69) is 5.32 Å². The van der Waals surface area contributed by atoms with Gasteiger partial charge in [0, 0.05) is 6.04 Å². The van der Waals surface area contributed by atoms with Crippen molar-refractivity contribution in [3.63, 3.8) is 0 Å². The lowest BCUT2D eigenvalue weighted by Crippen LogP contribution is -2.44. The zero-order valence-electron chi connectivity index (χ0n) is 11.6. The van der Waals surface area contributed by atoms with E-state index in [1.165, 1.54) is 19.3 Å². The van der Waals surface area contributed by atoms with Crippen LogP contribution in [0.3, 0.4) is 0 Å². The van der Waals surface area contributed by atoms with Gasteiger partial charge in [-0.25, -0.2) is 0 Å². The van der Waals surface area contributed by atoms with Gasteiger partial charge in [0.2, 0.25) is 0 Å². The molecule has 1 unspecified atom stereocenters. The summed E-state index contributed by atoms with van der Waals surface area (Å²) in [6.45, 7) is 1.98. The highest BCUT2D eigenvalue weighted by Gasteiger charge is 2.22. The highest BCUT2D eigenvalue weighted by molar-refractivity contribution is 5.81. The molecule has 0 spiro atoms. The maximum atomic E-state index is 12.2. The molecule has 0 aromatic heterocycles. The lowest BCUT2D eigenvalue weighted by molar-refractivity contribution is -0.129. The summed E-state index contributed by atoms with van der Waals surface area (Å²) in [6, 6.07) is 9.89. The van der Waals surface area contributed by atoms with E-state index >= 15 is 0 Å². The van der Waals surface area contributed by atoms with E-state index in [-0.39, 0.29) is 12.0 Å². The summed E-state index contributed by atoms with van der Waals surface area (Å²) in [4.78, 5) is 12.2. The molecule has 1 aromatic carbocycles. The Morgan fingerprint density at radius 2 is 1.95 bits per heavy atom. The predicted molar refractivity (Wildman–Crippen MR) is 76.2 cm³/mol. The lowest BCUT2D eigenvalue weighted by Gasteiger charge is -2.25. The highest BCUT2D eigenvalue weighted by Crippen LogP contribution is 2.18. The molecule has 1 saturated carbocycles. The number of hydrogen-bond donors (Lipinski definition) is 1. The lowest BCUT2D eigenvalue weighted by atomic mass is 9.95. The molecular formula is C16H23NO2. The summed E-state index contributed by atoms with van der Waals surface area (Å²) < 4.78 is 5.75. The first kappa shape index (κ1) is 13.9. The largest absolute Gasteiger partial charge is 0.481 e. The third kappa shape index (κ3) is 4.27. The third-order valence-electron chi connectivity index (χ3n) is 3.64. The van der Waals surface area contributed by atoms with Crippen LogP contribution in [0.25, 0.3) is 0 Å². The van der Waals surface area contributed by atoms with Crippen molar-refractivity contribution in [2.45, 2.75) is 57.6 Å². The molecular weight excluding hydrogens is 238 g/mol. The molecule has 1 amide bonds. The maximum Gasteiger partial charge on any atom is 0.261 e. The molecule has 1 atom stereocenters. The number of rotatable bonds is 5. The molecule has 0 radical (unpaired) electrons. The van der Waals surface area contributed by atoms with Crippen molar-refractivity contribution in [3.05, 3.63) is 30.3 Å². The van der Waals surface area contributed by atoms with Gasteiger partial charge < -0.3 is 10.1 Å². The Morgan fingerprint density at radius 3 is 2.58 bits per heavy atom. The van der Waals surface area contributed by atoms with Crippen LogP contribution < -0.4 is 10.1 Å². The Balaban J connectivity index is 1.87. The fourth-order valence-corrected chi connectivity index (χ4v) is 2.53. The average molecular weight is 261 g/mol. The molecule has 1 aliphatic carbocycles. The van der Waals surface area contributed by atoms with Crippen LogP contribution in [0.15, 0.2) is 30.3 Å². The third-order valence-corrected chi connectivity index (χ3v) is 3.64. The summed E-state index contributed by atoms with van der Waals surface area (Å²) in [5, 5.41) is 3.13. The number of carbonyl (C=O) groups excluding carboxylic acids is 1. The van der Waals surface area contributed by atoms with Crippen molar-refractivity contribution in [3.8, 4) is 5.75 Å². The predicted octanol–water partition coefficient (Wildman–Crippen LogP) is 3.29. The standard InChI is InChI=1S/C16H23NO2/c1-2-15(19-14-11-7-4-8-12-14)16(18)17-13-9-5-3-6-10-13/h4,7-8,11-13,15H,2-3,5-6,9-10H2,1H3,(H,17,18). The van der Waals surface area contributed by atoms with E-state index in [0.29, 0.717) is 12.5 Å². The second-order valence-electron chi connectivity index (χ2n) is 5.17. The molecule has 1 N–H and O–H groups in total. The van der Waals surface area contributed by atoms with Gasteiger partial charge in [0.05, 0.1) is 0 Å². The second kappa shape index (κ2) is 7.17. The van der Waals surface area contributed by atoms with Crippen molar-refractivity contribution >= 4 is 5.91 Å². The monoisotopic (exact) mass is 261 g/mol. The molecule has 104 valence electrons. The van der Waals surface area contributed by atoms with Crippen LogP contribution in [0, 0.1) is 0 Å². The fourth-order valence-electron chi connectivity index (χ4n) is 2.53. The van der Waals surface area contributed by atoms with Crippen LogP contribution in [0.1, 0.15) is 45.4 Å². The Kier molecular flexibility index (Phi) is 5.25. The van der Waals surface area contributed by atoms with Crippen molar-refractivity contribution in [2.24, 2.45) is 0 Å². The van der Waals surface area contributed by atoms with E-state index in [0.717, 1.165) is 18.6 Å². The Hall–Kier alpha value is -1.51. The molecule has 0 bridgehead atoms. The molecule has 19 heavy (non-hydrogen) atoms. The van der Waals surface area contributed by atoms with Crippen molar-refractivity contribution in [1.82, 2.24) is 5.32 Å². The fraction of sp³-hybridized carbons (Fsp3) is 0.562. The SMILES string of the molecule is CCC(Oc1ccccc1)C(=O)NC1CCCCC1. The summed E-state index contributed by atoms with van der Waals surface area (Å²) in [6.07, 6.45) is 6.26. The number of hydrogen-bond acceptors (Lipinski definition) is 2. The van der Waals surface area contributed by atoms with Crippen LogP contribution >= 0.6 is 0 Å². The Labute approximate surface area is 115 Å². The molecule has 3 nitrogen and oxygen atoms in total. The van der Waals surface area contributed by atoms with Gasteiger partial charge in [-0.2, -0.15) is 0 Å². The van der Waals surface area contributed by atoms with Crippen LogP contribution in [-0.2, 0) is 4.79 Å². The van der Waals surface area contributed by atoms with Gasteiger partial charge in [-0.15, -0.1) is 0 Å². The Bertz CT molecular complexity index is 385. The minimum Gasteiger partial charge on any atom is -0.481 e. The molecule has 0 saturated heterocycles. The first-order chi connectivity index (χ1) is 9.29. The van der Waals surface area contributed by atoms with Crippen LogP contribution in [0.2, 0.25) is 0 Å². The van der Waals surface area contributed by atoms with Crippen molar-refractivity contribution in [2.75, 3.05) is 0 Å². The minimum absolute atomic E-state index is 0.0262. The maximum absolute atomic E-state index is 12.2. The van der Waals surface area contributed by atoms with E-state index in [1.54, 1.807) is 0 Å². The van der Waals surface area contributed by atoms with E-state index in [1.807, 2.05) is 37.3 Å². The highest BCUT2D eigenvalue weighted by atomic mass is 16.5. The number of ether oxygens (including phenoxy) is 1. The first-order valence-electron chi connectivity index (χ1n) is 7.31. The number of carbonyl (C=O) groups is 1.